The maximum absolute atomic E-state index is 6.28. The summed E-state index contributed by atoms with van der Waals surface area (Å²) in [4.78, 5) is 2.83. The Bertz CT molecular complexity index is 906. The molecule has 2 aliphatic carbocycles. The molecule has 0 radical (unpaired) electrons. The maximum atomic E-state index is 6.28. The first-order valence-corrected chi connectivity index (χ1v) is 13.1. The number of halogens is 1. The minimum atomic E-state index is 0.332. The third-order valence-electron chi connectivity index (χ3n) is 8.36. The molecule has 3 unspecified atom stereocenters. The number of fused-ring (bicyclic) bond motifs is 1. The van der Waals surface area contributed by atoms with Crippen molar-refractivity contribution in [3.63, 3.8) is 0 Å². The van der Waals surface area contributed by atoms with E-state index < -0.39 is 0 Å². The molecule has 3 fully saturated rings. The Labute approximate surface area is 196 Å². The Morgan fingerprint density at radius 1 is 1.03 bits per heavy atom. The van der Waals surface area contributed by atoms with Gasteiger partial charge in [0.15, 0.2) is 0 Å². The smallest absolute Gasteiger partial charge is 0.120 e. The average molecular weight is 483 g/mol. The summed E-state index contributed by atoms with van der Waals surface area (Å²) in [6, 6.07) is 16.0. The Hall–Kier alpha value is -1.32. The molecular formula is C28H36BrNO. The van der Waals surface area contributed by atoms with E-state index in [-0.39, 0.29) is 0 Å². The molecule has 1 aliphatic heterocycles. The largest absolute Gasteiger partial charge is 0.489 e. The second kappa shape index (κ2) is 8.90. The van der Waals surface area contributed by atoms with Crippen LogP contribution in [0.25, 0.3) is 0 Å². The fourth-order valence-corrected chi connectivity index (χ4v) is 6.68. The topological polar surface area (TPSA) is 12.5 Å². The fourth-order valence-electron chi connectivity index (χ4n) is 6.41. The van der Waals surface area contributed by atoms with Crippen molar-refractivity contribution in [2.24, 2.45) is 11.8 Å². The Morgan fingerprint density at radius 2 is 1.84 bits per heavy atom. The van der Waals surface area contributed by atoms with Crippen molar-refractivity contribution in [2.45, 2.75) is 76.9 Å². The van der Waals surface area contributed by atoms with Gasteiger partial charge in [0.1, 0.15) is 12.4 Å². The summed E-state index contributed by atoms with van der Waals surface area (Å²) in [5.74, 6) is 2.78. The molecule has 1 heterocycles. The van der Waals surface area contributed by atoms with Crippen LogP contribution in [-0.4, -0.2) is 24.0 Å². The molecule has 0 bridgehead atoms. The third kappa shape index (κ3) is 4.46. The monoisotopic (exact) mass is 481 g/mol. The molecule has 31 heavy (non-hydrogen) atoms. The number of piperidine rings is 1. The number of benzene rings is 2. The van der Waals surface area contributed by atoms with E-state index >= 15 is 0 Å². The van der Waals surface area contributed by atoms with Crippen LogP contribution in [-0.2, 0) is 12.0 Å². The molecule has 3 aliphatic rings. The first-order chi connectivity index (χ1) is 15.0. The van der Waals surface area contributed by atoms with Crippen LogP contribution in [0.5, 0.6) is 5.75 Å². The van der Waals surface area contributed by atoms with Gasteiger partial charge in [0, 0.05) is 22.5 Å². The van der Waals surface area contributed by atoms with Crippen LogP contribution in [0, 0.1) is 18.8 Å². The molecule has 0 N–H and O–H groups in total. The van der Waals surface area contributed by atoms with Crippen LogP contribution in [0.3, 0.4) is 0 Å². The number of ether oxygens (including phenoxy) is 1. The van der Waals surface area contributed by atoms with Gasteiger partial charge in [-0.2, -0.15) is 0 Å². The van der Waals surface area contributed by atoms with Crippen molar-refractivity contribution < 1.29 is 4.74 Å². The molecule has 0 spiro atoms. The maximum Gasteiger partial charge on any atom is 0.120 e. The van der Waals surface area contributed by atoms with Crippen molar-refractivity contribution in [1.82, 2.24) is 4.90 Å². The quantitative estimate of drug-likeness (QED) is 0.429. The normalized spacial score (nSPS) is 28.9. The fraction of sp³-hybridized carbons (Fsp3) is 0.571. The molecule has 3 atom stereocenters. The van der Waals surface area contributed by atoms with Gasteiger partial charge in [0.25, 0.3) is 0 Å². The van der Waals surface area contributed by atoms with Gasteiger partial charge in [0.05, 0.1) is 0 Å². The first kappa shape index (κ1) is 21.5. The molecule has 5 rings (SSSR count). The zero-order valence-corrected chi connectivity index (χ0v) is 20.7. The Balaban J connectivity index is 1.39. The summed E-state index contributed by atoms with van der Waals surface area (Å²) in [6.45, 7) is 8.06. The van der Waals surface area contributed by atoms with E-state index in [0.717, 1.165) is 22.1 Å². The number of hydrogen-bond acceptors (Lipinski definition) is 2. The number of likely N-dealkylation sites (tertiary alicyclic amines) is 1. The van der Waals surface area contributed by atoms with E-state index in [4.69, 9.17) is 4.74 Å². The molecule has 166 valence electrons. The van der Waals surface area contributed by atoms with Crippen molar-refractivity contribution >= 4 is 15.9 Å². The second-order valence-corrected chi connectivity index (χ2v) is 11.2. The van der Waals surface area contributed by atoms with Crippen LogP contribution < -0.4 is 4.74 Å². The molecular weight excluding hydrogens is 446 g/mol. The summed E-state index contributed by atoms with van der Waals surface area (Å²) in [6.07, 6.45) is 9.71. The van der Waals surface area contributed by atoms with Crippen LogP contribution in [0.4, 0.5) is 0 Å². The highest BCUT2D eigenvalue weighted by atomic mass is 79.9. The molecule has 0 amide bonds. The van der Waals surface area contributed by atoms with E-state index in [0.29, 0.717) is 18.1 Å². The lowest BCUT2D eigenvalue weighted by Gasteiger charge is -2.55. The molecule has 2 aromatic carbocycles. The van der Waals surface area contributed by atoms with Gasteiger partial charge in [-0.3, -0.25) is 0 Å². The molecule has 2 nitrogen and oxygen atoms in total. The van der Waals surface area contributed by atoms with Gasteiger partial charge in [-0.25, -0.2) is 0 Å². The van der Waals surface area contributed by atoms with Crippen molar-refractivity contribution in [2.75, 3.05) is 13.1 Å². The summed E-state index contributed by atoms with van der Waals surface area (Å²) in [7, 11) is 0. The summed E-state index contributed by atoms with van der Waals surface area (Å²) in [5, 5.41) is 0. The van der Waals surface area contributed by atoms with Crippen LogP contribution >= 0.6 is 15.9 Å². The van der Waals surface area contributed by atoms with Crippen molar-refractivity contribution in [3.05, 3.63) is 63.6 Å². The average Bonchev–Trinajstić information content (AvgIpc) is 3.60. The minimum Gasteiger partial charge on any atom is -0.489 e. The summed E-state index contributed by atoms with van der Waals surface area (Å²) < 4.78 is 7.39. The highest BCUT2D eigenvalue weighted by Gasteiger charge is 2.49. The predicted molar refractivity (Wildman–Crippen MR) is 132 cm³/mol. The zero-order valence-electron chi connectivity index (χ0n) is 19.1. The van der Waals surface area contributed by atoms with Gasteiger partial charge in [-0.1, -0.05) is 47.0 Å². The van der Waals surface area contributed by atoms with Crippen LogP contribution in [0.15, 0.2) is 46.9 Å². The number of rotatable bonds is 6. The van der Waals surface area contributed by atoms with Gasteiger partial charge in [-0.15, -0.1) is 0 Å². The number of nitrogens with zero attached hydrogens (tertiary/aromatic N) is 1. The molecule has 1 saturated heterocycles. The number of aryl methyl sites for hydroxylation is 1. The standard InChI is InChI=1S/C28H36BrNO/c1-20-6-13-25(31-19-23-9-11-24(29)12-10-23)17-27(20)28-14-4-3-5-26(28)21(2)30(16-15-28)18-22-7-8-22/h6,9-13,17,21-22,26H,3-5,7-8,14-16,18-19H2,1-2H3. The summed E-state index contributed by atoms with van der Waals surface area (Å²) >= 11 is 3.52. The highest BCUT2D eigenvalue weighted by Crippen LogP contribution is 2.53. The predicted octanol–water partition coefficient (Wildman–Crippen LogP) is 7.27. The van der Waals surface area contributed by atoms with E-state index in [1.165, 1.54) is 69.2 Å². The lowest BCUT2D eigenvalue weighted by Crippen LogP contribution is -2.56. The Kier molecular flexibility index (Phi) is 6.18. The zero-order chi connectivity index (χ0) is 21.4. The minimum absolute atomic E-state index is 0.332. The lowest BCUT2D eigenvalue weighted by atomic mass is 9.56. The Morgan fingerprint density at radius 3 is 2.61 bits per heavy atom. The molecule has 2 saturated carbocycles. The van der Waals surface area contributed by atoms with E-state index in [1.807, 2.05) is 0 Å². The van der Waals surface area contributed by atoms with Crippen molar-refractivity contribution in [1.29, 1.82) is 0 Å². The summed E-state index contributed by atoms with van der Waals surface area (Å²) in [5.41, 5.74) is 4.56. The lowest BCUT2D eigenvalue weighted by molar-refractivity contribution is 0.00534. The molecule has 2 aromatic rings. The van der Waals surface area contributed by atoms with Gasteiger partial charge < -0.3 is 9.64 Å². The number of hydrogen-bond donors (Lipinski definition) is 0. The SMILES string of the molecule is Cc1ccc(OCc2ccc(Br)cc2)cc1C12CCCCC1C(C)N(CC1CC1)CC2. The van der Waals surface area contributed by atoms with Gasteiger partial charge in [0.2, 0.25) is 0 Å². The molecule has 0 aromatic heterocycles. The van der Waals surface area contributed by atoms with E-state index in [2.05, 4.69) is 77.1 Å². The second-order valence-electron chi connectivity index (χ2n) is 10.3. The van der Waals surface area contributed by atoms with Crippen LogP contribution in [0.2, 0.25) is 0 Å². The van der Waals surface area contributed by atoms with E-state index in [1.54, 1.807) is 5.56 Å². The van der Waals surface area contributed by atoms with E-state index in [9.17, 15) is 0 Å². The van der Waals surface area contributed by atoms with Crippen LogP contribution in [0.1, 0.15) is 68.6 Å². The third-order valence-corrected chi connectivity index (χ3v) is 8.88. The van der Waals surface area contributed by atoms with Gasteiger partial charge in [-0.05, 0) is 105 Å². The molecule has 3 heteroatoms. The van der Waals surface area contributed by atoms with Gasteiger partial charge >= 0.3 is 0 Å². The van der Waals surface area contributed by atoms with Crippen molar-refractivity contribution in [3.8, 4) is 5.75 Å². The highest BCUT2D eigenvalue weighted by molar-refractivity contribution is 9.10. The first-order valence-electron chi connectivity index (χ1n) is 12.3.